The number of ether oxygens (including phenoxy) is 1. The molecule has 2 aromatic carbocycles. The predicted molar refractivity (Wildman–Crippen MR) is 88.9 cm³/mol. The van der Waals surface area contributed by atoms with Crippen LogP contribution in [0, 0.1) is 6.92 Å². The zero-order valence-electron chi connectivity index (χ0n) is 12.2. The van der Waals surface area contributed by atoms with E-state index in [0.717, 1.165) is 27.6 Å². The van der Waals surface area contributed by atoms with Gasteiger partial charge in [0, 0.05) is 10.4 Å². The molecule has 0 unspecified atom stereocenters. The minimum absolute atomic E-state index is 0.660. The lowest BCUT2D eigenvalue weighted by Gasteiger charge is -2.07. The second kappa shape index (κ2) is 6.10. The second-order valence-electron chi connectivity index (χ2n) is 4.72. The first-order valence-corrected chi connectivity index (χ1v) is 7.86. The van der Waals surface area contributed by atoms with Crippen molar-refractivity contribution in [2.24, 2.45) is 0 Å². The minimum Gasteiger partial charge on any atom is -0.493 e. The van der Waals surface area contributed by atoms with Crippen molar-refractivity contribution in [3.63, 3.8) is 0 Å². The van der Waals surface area contributed by atoms with Gasteiger partial charge in [-0.15, -0.1) is 11.3 Å². The van der Waals surface area contributed by atoms with Gasteiger partial charge in [0.1, 0.15) is 10.8 Å². The number of nitrogens with zero attached hydrogens (tertiary/aromatic N) is 1. The second-order valence-corrected chi connectivity index (χ2v) is 5.92. The molecule has 0 amide bonds. The van der Waals surface area contributed by atoms with Crippen LogP contribution in [0.25, 0.3) is 21.8 Å². The molecule has 1 aromatic heterocycles. The van der Waals surface area contributed by atoms with Gasteiger partial charge in [-0.2, -0.15) is 0 Å². The topological polar surface area (TPSA) is 22.1 Å². The van der Waals surface area contributed by atoms with E-state index in [-0.39, 0.29) is 0 Å². The summed E-state index contributed by atoms with van der Waals surface area (Å²) in [6.45, 7) is 4.78. The number of thiazole rings is 1. The highest BCUT2D eigenvalue weighted by atomic mass is 32.1. The molecular weight excluding hydrogens is 278 g/mol. The molecule has 0 atom stereocenters. The molecule has 2 nitrogen and oxygen atoms in total. The summed E-state index contributed by atoms with van der Waals surface area (Å²) < 4.78 is 5.71. The molecule has 0 spiro atoms. The minimum atomic E-state index is 0.660. The van der Waals surface area contributed by atoms with Crippen LogP contribution in [0.1, 0.15) is 11.8 Å². The maximum atomic E-state index is 5.71. The van der Waals surface area contributed by atoms with E-state index in [9.17, 15) is 0 Å². The van der Waals surface area contributed by atoms with E-state index in [0.29, 0.717) is 6.61 Å². The van der Waals surface area contributed by atoms with Crippen molar-refractivity contribution in [3.05, 3.63) is 59.5 Å². The van der Waals surface area contributed by atoms with E-state index in [2.05, 4.69) is 25.1 Å². The summed E-state index contributed by atoms with van der Waals surface area (Å²) in [7, 11) is 0. The van der Waals surface area contributed by atoms with Crippen LogP contribution >= 0.6 is 11.3 Å². The first kappa shape index (κ1) is 13.8. The lowest BCUT2D eigenvalue weighted by Crippen LogP contribution is -1.93. The van der Waals surface area contributed by atoms with Crippen LogP contribution in [-0.2, 0) is 0 Å². The largest absolute Gasteiger partial charge is 0.493 e. The third-order valence-electron chi connectivity index (χ3n) is 3.26. The van der Waals surface area contributed by atoms with E-state index in [1.807, 2.05) is 43.3 Å². The Balaban J connectivity index is 2.06. The fourth-order valence-corrected chi connectivity index (χ4v) is 3.27. The summed E-state index contributed by atoms with van der Waals surface area (Å²) in [5.41, 5.74) is 3.28. The summed E-state index contributed by atoms with van der Waals surface area (Å²) in [6, 6.07) is 18.4. The Kier molecular flexibility index (Phi) is 4.02. The molecule has 0 radical (unpaired) electrons. The van der Waals surface area contributed by atoms with Gasteiger partial charge in [-0.25, -0.2) is 4.98 Å². The molecule has 21 heavy (non-hydrogen) atoms. The van der Waals surface area contributed by atoms with E-state index < -0.39 is 0 Å². The molecule has 0 fully saturated rings. The Hall–Kier alpha value is -2.13. The third-order valence-corrected chi connectivity index (χ3v) is 4.27. The first-order valence-electron chi connectivity index (χ1n) is 7.04. The van der Waals surface area contributed by atoms with E-state index in [1.165, 1.54) is 4.88 Å². The third kappa shape index (κ3) is 2.83. The molecule has 1 heterocycles. The van der Waals surface area contributed by atoms with Crippen LogP contribution in [0.3, 0.4) is 0 Å². The molecule has 0 bridgehead atoms. The molecular formula is C18H17NOS. The zero-order valence-corrected chi connectivity index (χ0v) is 13.0. The number of aromatic nitrogens is 1. The normalized spacial score (nSPS) is 10.6. The number of aryl methyl sites for hydroxylation is 1. The summed E-state index contributed by atoms with van der Waals surface area (Å²) in [4.78, 5) is 6.06. The summed E-state index contributed by atoms with van der Waals surface area (Å²) in [5, 5.41) is 1.01. The summed E-state index contributed by atoms with van der Waals surface area (Å²) >= 11 is 1.71. The Morgan fingerprint density at radius 3 is 2.48 bits per heavy atom. The Labute approximate surface area is 129 Å². The number of hydrogen-bond acceptors (Lipinski definition) is 3. The van der Waals surface area contributed by atoms with Gasteiger partial charge < -0.3 is 4.74 Å². The number of benzene rings is 2. The lowest BCUT2D eigenvalue weighted by molar-refractivity contribution is 0.341. The highest BCUT2D eigenvalue weighted by molar-refractivity contribution is 7.15. The Morgan fingerprint density at radius 1 is 1.00 bits per heavy atom. The quantitative estimate of drug-likeness (QED) is 0.661. The van der Waals surface area contributed by atoms with Crippen molar-refractivity contribution >= 4 is 11.3 Å². The molecule has 3 rings (SSSR count). The van der Waals surface area contributed by atoms with Gasteiger partial charge in [-0.05, 0) is 26.0 Å². The van der Waals surface area contributed by atoms with Crippen LogP contribution < -0.4 is 4.74 Å². The van der Waals surface area contributed by atoms with Crippen LogP contribution in [0.4, 0.5) is 0 Å². The van der Waals surface area contributed by atoms with Crippen molar-refractivity contribution in [3.8, 4) is 27.6 Å². The van der Waals surface area contributed by atoms with E-state index in [4.69, 9.17) is 9.72 Å². The maximum absolute atomic E-state index is 5.71. The summed E-state index contributed by atoms with van der Waals surface area (Å²) in [5.74, 6) is 0.897. The van der Waals surface area contributed by atoms with Crippen molar-refractivity contribution in [1.29, 1.82) is 0 Å². The Bertz CT molecular complexity index is 734. The SMILES string of the molecule is CCOc1ccccc1-c1nc(-c2ccccc2)c(C)s1. The van der Waals surface area contributed by atoms with Crippen molar-refractivity contribution in [2.45, 2.75) is 13.8 Å². The first-order chi connectivity index (χ1) is 10.3. The molecule has 0 saturated carbocycles. The average molecular weight is 295 g/mol. The van der Waals surface area contributed by atoms with Crippen LogP contribution in [0.5, 0.6) is 5.75 Å². The average Bonchev–Trinajstić information content (AvgIpc) is 2.91. The van der Waals surface area contributed by atoms with Crippen molar-refractivity contribution in [1.82, 2.24) is 4.98 Å². The standard InChI is InChI=1S/C18H17NOS/c1-3-20-16-12-8-7-11-15(16)18-19-17(13(2)21-18)14-9-5-4-6-10-14/h4-12H,3H2,1-2H3. The fraction of sp³-hybridized carbons (Fsp3) is 0.167. The molecule has 106 valence electrons. The lowest BCUT2D eigenvalue weighted by atomic mass is 10.1. The van der Waals surface area contributed by atoms with Gasteiger partial charge in [0.25, 0.3) is 0 Å². The number of hydrogen-bond donors (Lipinski definition) is 0. The van der Waals surface area contributed by atoms with E-state index >= 15 is 0 Å². The molecule has 0 saturated heterocycles. The Morgan fingerprint density at radius 2 is 1.71 bits per heavy atom. The van der Waals surface area contributed by atoms with Crippen molar-refractivity contribution in [2.75, 3.05) is 6.61 Å². The van der Waals surface area contributed by atoms with Gasteiger partial charge in [0.2, 0.25) is 0 Å². The van der Waals surface area contributed by atoms with Crippen molar-refractivity contribution < 1.29 is 4.74 Å². The van der Waals surface area contributed by atoms with Crippen LogP contribution in [0.2, 0.25) is 0 Å². The van der Waals surface area contributed by atoms with Gasteiger partial charge in [0.05, 0.1) is 17.9 Å². The molecule has 3 heteroatoms. The maximum Gasteiger partial charge on any atom is 0.129 e. The van der Waals surface area contributed by atoms with Gasteiger partial charge in [-0.3, -0.25) is 0 Å². The predicted octanol–water partition coefficient (Wildman–Crippen LogP) is 5.18. The zero-order chi connectivity index (χ0) is 14.7. The molecule has 0 aliphatic carbocycles. The smallest absolute Gasteiger partial charge is 0.129 e. The van der Waals surface area contributed by atoms with Gasteiger partial charge >= 0.3 is 0 Å². The van der Waals surface area contributed by atoms with E-state index in [1.54, 1.807) is 11.3 Å². The molecule has 3 aromatic rings. The highest BCUT2D eigenvalue weighted by Gasteiger charge is 2.14. The summed E-state index contributed by atoms with van der Waals surface area (Å²) in [6.07, 6.45) is 0. The molecule has 0 aliphatic heterocycles. The number of para-hydroxylation sites is 1. The molecule has 0 aliphatic rings. The van der Waals surface area contributed by atoms with Gasteiger partial charge in [-0.1, -0.05) is 42.5 Å². The van der Waals surface area contributed by atoms with Crippen LogP contribution in [0.15, 0.2) is 54.6 Å². The van der Waals surface area contributed by atoms with Crippen LogP contribution in [-0.4, -0.2) is 11.6 Å². The highest BCUT2D eigenvalue weighted by Crippen LogP contribution is 2.37. The number of rotatable bonds is 4. The fourth-order valence-electron chi connectivity index (χ4n) is 2.30. The van der Waals surface area contributed by atoms with Gasteiger partial charge in [0.15, 0.2) is 0 Å². The molecule has 0 N–H and O–H groups in total. The monoisotopic (exact) mass is 295 g/mol.